The number of amides is 2. The Labute approximate surface area is 142 Å². The molecule has 5 heteroatoms. The number of nitrogens with one attached hydrogen (secondary N) is 3. The SMILES string of the molecule is CC(CC(=O)Nc1ccccc1)NCC(=O)NCc1ccccc1. The van der Waals surface area contributed by atoms with Gasteiger partial charge < -0.3 is 16.0 Å². The summed E-state index contributed by atoms with van der Waals surface area (Å²) < 4.78 is 0. The average Bonchev–Trinajstić information content (AvgIpc) is 2.60. The lowest BCUT2D eigenvalue weighted by molar-refractivity contribution is -0.121. The topological polar surface area (TPSA) is 70.2 Å². The van der Waals surface area contributed by atoms with E-state index in [1.807, 2.05) is 67.6 Å². The first-order valence-electron chi connectivity index (χ1n) is 8.02. The third-order valence-corrected chi connectivity index (χ3v) is 3.49. The summed E-state index contributed by atoms with van der Waals surface area (Å²) in [4.78, 5) is 23.8. The zero-order valence-electron chi connectivity index (χ0n) is 13.8. The van der Waals surface area contributed by atoms with E-state index < -0.39 is 0 Å². The Kier molecular flexibility index (Phi) is 6.98. The van der Waals surface area contributed by atoms with Crippen molar-refractivity contribution in [3.8, 4) is 0 Å². The van der Waals surface area contributed by atoms with Crippen molar-refractivity contribution in [2.24, 2.45) is 0 Å². The van der Waals surface area contributed by atoms with Gasteiger partial charge in [-0.15, -0.1) is 0 Å². The van der Waals surface area contributed by atoms with E-state index in [0.717, 1.165) is 11.3 Å². The lowest BCUT2D eigenvalue weighted by atomic mass is 10.2. The third kappa shape index (κ3) is 6.62. The average molecular weight is 325 g/mol. The maximum atomic E-state index is 11.9. The molecule has 0 radical (unpaired) electrons. The van der Waals surface area contributed by atoms with Crippen LogP contribution in [-0.2, 0) is 16.1 Å². The van der Waals surface area contributed by atoms with Gasteiger partial charge in [0.05, 0.1) is 6.54 Å². The highest BCUT2D eigenvalue weighted by Gasteiger charge is 2.10. The molecule has 126 valence electrons. The lowest BCUT2D eigenvalue weighted by Gasteiger charge is -2.14. The van der Waals surface area contributed by atoms with Crippen molar-refractivity contribution in [2.45, 2.75) is 25.9 Å². The Bertz CT molecular complexity index is 644. The number of hydrogen-bond donors (Lipinski definition) is 3. The molecule has 0 saturated heterocycles. The summed E-state index contributed by atoms with van der Waals surface area (Å²) >= 11 is 0. The monoisotopic (exact) mass is 325 g/mol. The predicted molar refractivity (Wildman–Crippen MR) is 95.4 cm³/mol. The molecule has 0 spiro atoms. The number of carbonyl (C=O) groups is 2. The van der Waals surface area contributed by atoms with E-state index in [9.17, 15) is 9.59 Å². The van der Waals surface area contributed by atoms with Crippen LogP contribution < -0.4 is 16.0 Å². The van der Waals surface area contributed by atoms with Crippen LogP contribution in [-0.4, -0.2) is 24.4 Å². The van der Waals surface area contributed by atoms with E-state index in [0.29, 0.717) is 13.0 Å². The van der Waals surface area contributed by atoms with Crippen molar-refractivity contribution in [1.29, 1.82) is 0 Å². The highest BCUT2D eigenvalue weighted by atomic mass is 16.2. The Morgan fingerprint density at radius 3 is 2.21 bits per heavy atom. The standard InChI is InChI=1S/C19H23N3O2/c1-15(12-18(23)22-17-10-6-3-7-11-17)20-14-19(24)21-13-16-8-4-2-5-9-16/h2-11,15,20H,12-14H2,1H3,(H,21,24)(H,22,23). The van der Waals surface area contributed by atoms with Crippen LogP contribution in [0.1, 0.15) is 18.9 Å². The fraction of sp³-hybridized carbons (Fsp3) is 0.263. The summed E-state index contributed by atoms with van der Waals surface area (Å²) in [6.45, 7) is 2.58. The first-order valence-corrected chi connectivity index (χ1v) is 8.02. The predicted octanol–water partition coefficient (Wildman–Crippen LogP) is 2.31. The molecule has 0 aliphatic carbocycles. The summed E-state index contributed by atoms with van der Waals surface area (Å²) in [7, 11) is 0. The summed E-state index contributed by atoms with van der Waals surface area (Å²) in [5.41, 5.74) is 1.83. The summed E-state index contributed by atoms with van der Waals surface area (Å²) in [5, 5.41) is 8.74. The van der Waals surface area contributed by atoms with E-state index in [1.165, 1.54) is 0 Å². The Hall–Kier alpha value is -2.66. The molecule has 0 bridgehead atoms. The van der Waals surface area contributed by atoms with E-state index in [1.54, 1.807) is 0 Å². The number of anilines is 1. The zero-order valence-corrected chi connectivity index (χ0v) is 13.8. The van der Waals surface area contributed by atoms with Crippen LogP contribution in [0.25, 0.3) is 0 Å². The quantitative estimate of drug-likeness (QED) is 0.697. The van der Waals surface area contributed by atoms with Crippen LogP contribution in [0.4, 0.5) is 5.69 Å². The van der Waals surface area contributed by atoms with Crippen molar-refractivity contribution in [3.63, 3.8) is 0 Å². The van der Waals surface area contributed by atoms with Gasteiger partial charge in [0.15, 0.2) is 0 Å². The molecule has 0 aliphatic heterocycles. The van der Waals surface area contributed by atoms with Gasteiger partial charge >= 0.3 is 0 Å². The molecule has 0 aromatic heterocycles. The number of rotatable bonds is 8. The van der Waals surface area contributed by atoms with Crippen molar-refractivity contribution < 1.29 is 9.59 Å². The molecule has 0 heterocycles. The summed E-state index contributed by atoms with van der Waals surface area (Å²) in [6, 6.07) is 19.0. The van der Waals surface area contributed by atoms with Crippen LogP contribution in [0.2, 0.25) is 0 Å². The molecule has 0 fully saturated rings. The number of carbonyl (C=O) groups excluding carboxylic acids is 2. The van der Waals surface area contributed by atoms with Gasteiger partial charge in [0.25, 0.3) is 0 Å². The van der Waals surface area contributed by atoms with Gasteiger partial charge in [-0.1, -0.05) is 48.5 Å². The first kappa shape index (κ1) is 17.7. The molecule has 2 amide bonds. The van der Waals surface area contributed by atoms with E-state index in [2.05, 4.69) is 16.0 Å². The molecular formula is C19H23N3O2. The number of benzene rings is 2. The normalized spacial score (nSPS) is 11.5. The molecule has 24 heavy (non-hydrogen) atoms. The van der Waals surface area contributed by atoms with E-state index in [-0.39, 0.29) is 24.4 Å². The van der Waals surface area contributed by atoms with Crippen LogP contribution in [0.5, 0.6) is 0 Å². The first-order chi connectivity index (χ1) is 11.6. The Balaban J connectivity index is 1.64. The molecular weight excluding hydrogens is 302 g/mol. The van der Waals surface area contributed by atoms with Gasteiger partial charge in [0, 0.05) is 24.7 Å². The van der Waals surface area contributed by atoms with Crippen molar-refractivity contribution in [3.05, 3.63) is 66.2 Å². The number of para-hydroxylation sites is 1. The minimum absolute atomic E-state index is 0.0779. The van der Waals surface area contributed by atoms with Gasteiger partial charge in [-0.25, -0.2) is 0 Å². The van der Waals surface area contributed by atoms with Crippen LogP contribution in [0.3, 0.4) is 0 Å². The minimum Gasteiger partial charge on any atom is -0.351 e. The van der Waals surface area contributed by atoms with E-state index in [4.69, 9.17) is 0 Å². The molecule has 1 atom stereocenters. The van der Waals surface area contributed by atoms with Crippen LogP contribution in [0.15, 0.2) is 60.7 Å². The smallest absolute Gasteiger partial charge is 0.234 e. The Morgan fingerprint density at radius 2 is 1.54 bits per heavy atom. The highest BCUT2D eigenvalue weighted by Crippen LogP contribution is 2.06. The maximum absolute atomic E-state index is 11.9. The molecule has 3 N–H and O–H groups in total. The van der Waals surface area contributed by atoms with E-state index >= 15 is 0 Å². The fourth-order valence-corrected chi connectivity index (χ4v) is 2.21. The molecule has 2 rings (SSSR count). The van der Waals surface area contributed by atoms with Crippen LogP contribution >= 0.6 is 0 Å². The molecule has 2 aromatic carbocycles. The molecule has 5 nitrogen and oxygen atoms in total. The second kappa shape index (κ2) is 9.47. The largest absolute Gasteiger partial charge is 0.351 e. The second-order valence-electron chi connectivity index (χ2n) is 5.66. The zero-order chi connectivity index (χ0) is 17.2. The number of hydrogen-bond acceptors (Lipinski definition) is 3. The van der Waals surface area contributed by atoms with Gasteiger partial charge in [-0.05, 0) is 24.6 Å². The van der Waals surface area contributed by atoms with Gasteiger partial charge in [0.1, 0.15) is 0 Å². The molecule has 2 aromatic rings. The second-order valence-corrected chi connectivity index (χ2v) is 5.66. The highest BCUT2D eigenvalue weighted by molar-refractivity contribution is 5.91. The van der Waals surface area contributed by atoms with Crippen molar-refractivity contribution in [1.82, 2.24) is 10.6 Å². The Morgan fingerprint density at radius 1 is 0.917 bits per heavy atom. The van der Waals surface area contributed by atoms with Gasteiger partial charge in [0.2, 0.25) is 11.8 Å². The lowest BCUT2D eigenvalue weighted by Crippen LogP contribution is -2.39. The van der Waals surface area contributed by atoms with Crippen LogP contribution in [0, 0.1) is 0 Å². The van der Waals surface area contributed by atoms with Gasteiger partial charge in [-0.2, -0.15) is 0 Å². The minimum atomic E-state index is -0.0887. The van der Waals surface area contributed by atoms with Gasteiger partial charge in [-0.3, -0.25) is 9.59 Å². The summed E-state index contributed by atoms with van der Waals surface area (Å²) in [6.07, 6.45) is 0.306. The molecule has 1 unspecified atom stereocenters. The van der Waals surface area contributed by atoms with Crippen molar-refractivity contribution >= 4 is 17.5 Å². The van der Waals surface area contributed by atoms with Crippen molar-refractivity contribution in [2.75, 3.05) is 11.9 Å². The molecule has 0 saturated carbocycles. The maximum Gasteiger partial charge on any atom is 0.234 e. The molecule has 0 aliphatic rings. The fourth-order valence-electron chi connectivity index (χ4n) is 2.21. The summed E-state index contributed by atoms with van der Waals surface area (Å²) in [5.74, 6) is -0.167. The third-order valence-electron chi connectivity index (χ3n) is 3.49.